The zero-order valence-electron chi connectivity index (χ0n) is 16.6. The largest absolute Gasteiger partial charge is 0.416 e. The van der Waals surface area contributed by atoms with Crippen molar-refractivity contribution in [3.8, 4) is 0 Å². The molecule has 2 heterocycles. The normalized spacial score (nSPS) is 14.6. The molecule has 1 aromatic carbocycles. The Morgan fingerprint density at radius 2 is 1.90 bits per heavy atom. The third-order valence-electron chi connectivity index (χ3n) is 5.11. The van der Waals surface area contributed by atoms with Crippen LogP contribution in [-0.4, -0.2) is 33.7 Å². The topological polar surface area (TPSA) is 93.3 Å². The molecule has 1 aromatic heterocycles. The van der Waals surface area contributed by atoms with Crippen molar-refractivity contribution < 1.29 is 22.9 Å². The molecule has 1 saturated heterocycles. The van der Waals surface area contributed by atoms with Crippen LogP contribution in [-0.2, 0) is 17.5 Å². The molecule has 0 bridgehead atoms. The Kier molecular flexibility index (Phi) is 5.99. The smallest absolute Gasteiger partial charge is 0.370 e. The van der Waals surface area contributed by atoms with Gasteiger partial charge in [0.25, 0.3) is 0 Å². The molecule has 162 valence electrons. The van der Waals surface area contributed by atoms with Crippen molar-refractivity contribution in [3.63, 3.8) is 0 Å². The number of nitrogens with zero attached hydrogens (tertiary/aromatic N) is 4. The van der Waals surface area contributed by atoms with Crippen LogP contribution in [0.25, 0.3) is 0 Å². The van der Waals surface area contributed by atoms with Crippen LogP contribution >= 0.6 is 0 Å². The van der Waals surface area contributed by atoms with Gasteiger partial charge in [0.05, 0.1) is 21.9 Å². The predicted molar refractivity (Wildman–Crippen MR) is 104 cm³/mol. The fourth-order valence-corrected chi connectivity index (χ4v) is 3.65. The number of aromatic nitrogens is 2. The van der Waals surface area contributed by atoms with Crippen LogP contribution in [0.4, 0.5) is 30.2 Å². The number of carbonyl (C=O) groups is 1. The number of nitrogens with one attached hydrogen (secondary N) is 1. The van der Waals surface area contributed by atoms with E-state index in [1.165, 1.54) is 24.6 Å². The molecule has 8 nitrogen and oxygen atoms in total. The fourth-order valence-electron chi connectivity index (χ4n) is 3.65. The summed E-state index contributed by atoms with van der Waals surface area (Å²) in [6, 6.07) is 3.30. The van der Waals surface area contributed by atoms with Gasteiger partial charge in [-0.25, -0.2) is 0 Å². The van der Waals surface area contributed by atoms with Crippen LogP contribution in [0.3, 0.4) is 0 Å². The number of hydrogen-bond donors (Lipinski definition) is 1. The number of halogens is 3. The highest BCUT2D eigenvalue weighted by molar-refractivity contribution is 5.94. The van der Waals surface area contributed by atoms with Gasteiger partial charge in [0, 0.05) is 13.1 Å². The van der Waals surface area contributed by atoms with Crippen molar-refractivity contribution >= 4 is 23.0 Å². The predicted octanol–water partition coefficient (Wildman–Crippen LogP) is 4.06. The van der Waals surface area contributed by atoms with E-state index in [0.29, 0.717) is 18.8 Å². The van der Waals surface area contributed by atoms with Crippen LogP contribution in [0.5, 0.6) is 0 Å². The lowest BCUT2D eigenvalue weighted by atomic mass is 10.1. The molecule has 0 radical (unpaired) electrons. The number of hydrogen-bond acceptors (Lipinski definition) is 5. The SMILES string of the molecule is Cc1nn(CC(=O)Nc2cc(C(F)(F)F)ccc2N2CCCCC2)c(C)c1[N+](=O)[O-]. The van der Waals surface area contributed by atoms with Gasteiger partial charge in [-0.15, -0.1) is 0 Å². The van der Waals surface area contributed by atoms with Crippen LogP contribution in [0, 0.1) is 24.0 Å². The van der Waals surface area contributed by atoms with E-state index in [-0.39, 0.29) is 29.3 Å². The first kappa shape index (κ1) is 21.6. The number of alkyl halides is 3. The second-order valence-corrected chi connectivity index (χ2v) is 7.26. The summed E-state index contributed by atoms with van der Waals surface area (Å²) in [5.74, 6) is -0.618. The molecule has 1 fully saturated rings. The maximum Gasteiger partial charge on any atom is 0.416 e. The second-order valence-electron chi connectivity index (χ2n) is 7.26. The van der Waals surface area contributed by atoms with Gasteiger partial charge in [0.1, 0.15) is 17.9 Å². The van der Waals surface area contributed by atoms with E-state index in [1.54, 1.807) is 0 Å². The number of rotatable bonds is 5. The Hall–Kier alpha value is -3.11. The van der Waals surface area contributed by atoms with Gasteiger partial charge < -0.3 is 10.2 Å². The Morgan fingerprint density at radius 3 is 2.47 bits per heavy atom. The van der Waals surface area contributed by atoms with Gasteiger partial charge in [-0.1, -0.05) is 0 Å². The third-order valence-corrected chi connectivity index (χ3v) is 5.11. The summed E-state index contributed by atoms with van der Waals surface area (Å²) in [4.78, 5) is 25.1. The molecule has 1 amide bonds. The molecular weight excluding hydrogens is 403 g/mol. The average molecular weight is 425 g/mol. The van der Waals surface area contributed by atoms with E-state index in [1.807, 2.05) is 4.90 Å². The molecular formula is C19H22F3N5O3. The minimum absolute atomic E-state index is 0.0627. The highest BCUT2D eigenvalue weighted by Gasteiger charge is 2.32. The number of anilines is 2. The molecule has 11 heteroatoms. The summed E-state index contributed by atoms with van der Waals surface area (Å²) in [5.41, 5.74) is -0.0920. The highest BCUT2D eigenvalue weighted by Crippen LogP contribution is 2.36. The van der Waals surface area contributed by atoms with Crippen molar-refractivity contribution in [3.05, 3.63) is 45.3 Å². The van der Waals surface area contributed by atoms with Crippen molar-refractivity contribution in [1.82, 2.24) is 9.78 Å². The summed E-state index contributed by atoms with van der Waals surface area (Å²) in [5, 5.41) is 17.7. The van der Waals surface area contributed by atoms with E-state index < -0.39 is 22.6 Å². The Labute approximate surface area is 170 Å². The van der Waals surface area contributed by atoms with Gasteiger partial charge >= 0.3 is 11.9 Å². The lowest BCUT2D eigenvalue weighted by molar-refractivity contribution is -0.386. The zero-order valence-corrected chi connectivity index (χ0v) is 16.6. The molecule has 30 heavy (non-hydrogen) atoms. The summed E-state index contributed by atoms with van der Waals surface area (Å²) >= 11 is 0. The number of amides is 1. The number of carbonyl (C=O) groups excluding carboxylic acids is 1. The molecule has 0 spiro atoms. The minimum Gasteiger partial charge on any atom is -0.370 e. The summed E-state index contributed by atoms with van der Waals surface area (Å²) in [6.45, 7) is 3.96. The molecule has 0 unspecified atom stereocenters. The second kappa shape index (κ2) is 8.33. The van der Waals surface area contributed by atoms with Crippen molar-refractivity contribution in [2.24, 2.45) is 0 Å². The summed E-state index contributed by atoms with van der Waals surface area (Å²) in [7, 11) is 0. The standard InChI is InChI=1S/C19H22F3N5O3/c1-12-18(27(29)30)13(2)26(24-12)11-17(28)23-15-10-14(19(20,21)22)6-7-16(15)25-8-4-3-5-9-25/h6-7,10H,3-5,8-9,11H2,1-2H3,(H,23,28). The number of piperidine rings is 1. The van der Waals surface area contributed by atoms with Crippen molar-refractivity contribution in [1.29, 1.82) is 0 Å². The van der Waals surface area contributed by atoms with Crippen LogP contribution < -0.4 is 10.2 Å². The number of nitro groups is 1. The molecule has 0 aliphatic carbocycles. The van der Waals surface area contributed by atoms with Crippen LogP contribution in [0.1, 0.15) is 36.2 Å². The maximum atomic E-state index is 13.2. The van der Waals surface area contributed by atoms with Crippen molar-refractivity contribution in [2.75, 3.05) is 23.3 Å². The Morgan fingerprint density at radius 1 is 1.23 bits per heavy atom. The van der Waals surface area contributed by atoms with E-state index in [4.69, 9.17) is 0 Å². The summed E-state index contributed by atoms with van der Waals surface area (Å²) in [6.07, 6.45) is -1.65. The van der Waals surface area contributed by atoms with E-state index in [0.717, 1.165) is 31.4 Å². The monoisotopic (exact) mass is 425 g/mol. The van der Waals surface area contributed by atoms with Gasteiger partial charge in [0.2, 0.25) is 5.91 Å². The quantitative estimate of drug-likeness (QED) is 0.576. The first-order valence-corrected chi connectivity index (χ1v) is 9.52. The molecule has 1 aliphatic heterocycles. The van der Waals surface area contributed by atoms with Crippen molar-refractivity contribution in [2.45, 2.75) is 45.8 Å². The molecule has 2 aromatic rings. The molecule has 0 saturated carbocycles. The molecule has 1 N–H and O–H groups in total. The lowest BCUT2D eigenvalue weighted by Gasteiger charge is -2.31. The first-order chi connectivity index (χ1) is 14.1. The highest BCUT2D eigenvalue weighted by atomic mass is 19.4. The maximum absolute atomic E-state index is 13.2. The molecule has 0 atom stereocenters. The van der Waals surface area contributed by atoms with E-state index in [2.05, 4.69) is 10.4 Å². The molecule has 1 aliphatic rings. The zero-order chi connectivity index (χ0) is 22.1. The van der Waals surface area contributed by atoms with Gasteiger partial charge in [-0.05, 0) is 51.3 Å². The van der Waals surface area contributed by atoms with Gasteiger partial charge in [0.15, 0.2) is 0 Å². The fraction of sp³-hybridized carbons (Fsp3) is 0.474. The number of benzene rings is 1. The lowest BCUT2D eigenvalue weighted by Crippen LogP contribution is -2.31. The third kappa shape index (κ3) is 4.55. The van der Waals surface area contributed by atoms with E-state index >= 15 is 0 Å². The van der Waals surface area contributed by atoms with Gasteiger partial charge in [-0.2, -0.15) is 18.3 Å². The van der Waals surface area contributed by atoms with Gasteiger partial charge in [-0.3, -0.25) is 19.6 Å². The van der Waals surface area contributed by atoms with Crippen LogP contribution in [0.2, 0.25) is 0 Å². The Balaban J connectivity index is 1.87. The average Bonchev–Trinajstić information content (AvgIpc) is 2.94. The number of aryl methyl sites for hydroxylation is 1. The van der Waals surface area contributed by atoms with Crippen LogP contribution in [0.15, 0.2) is 18.2 Å². The Bertz CT molecular complexity index is 965. The summed E-state index contributed by atoms with van der Waals surface area (Å²) < 4.78 is 40.8. The molecule has 3 rings (SSSR count). The minimum atomic E-state index is -4.55. The first-order valence-electron chi connectivity index (χ1n) is 9.52. The van der Waals surface area contributed by atoms with E-state index in [9.17, 15) is 28.1 Å².